The van der Waals surface area contributed by atoms with Gasteiger partial charge in [0.15, 0.2) is 5.82 Å². The van der Waals surface area contributed by atoms with Crippen LogP contribution in [0.2, 0.25) is 5.02 Å². The Bertz CT molecular complexity index is 1280. The van der Waals surface area contributed by atoms with Crippen LogP contribution in [0, 0.1) is 17.4 Å². The number of pyridine rings is 1. The maximum absolute atomic E-state index is 13.1. The average Bonchev–Trinajstić information content (AvgIpc) is 3.33. The lowest BCUT2D eigenvalue weighted by molar-refractivity contribution is -0.164. The van der Waals surface area contributed by atoms with Gasteiger partial charge in [-0.25, -0.2) is 14.5 Å². The molecule has 4 rings (SSSR count). The lowest BCUT2D eigenvalue weighted by Gasteiger charge is -2.63. The Labute approximate surface area is 215 Å². The number of aromatic nitrogens is 4. The summed E-state index contributed by atoms with van der Waals surface area (Å²) < 4.78 is 7.84. The van der Waals surface area contributed by atoms with Crippen molar-refractivity contribution in [3.05, 3.63) is 70.4 Å². The zero-order valence-corrected chi connectivity index (χ0v) is 21.5. The first-order valence-electron chi connectivity index (χ1n) is 11.7. The number of carbonyl (C=O) groups is 1. The van der Waals surface area contributed by atoms with Gasteiger partial charge in [-0.15, -0.1) is 5.10 Å². The van der Waals surface area contributed by atoms with E-state index in [1.54, 1.807) is 41.2 Å². The summed E-state index contributed by atoms with van der Waals surface area (Å²) in [7, 11) is 0. The standard InChI is InChI=1S/C26H29ClN6O3/c1-25(2)23(26(3,4)24(25)36-18-9-10-20(28-5)19(27)13-18)30-22(35)16-8-11-21(29-14-16)33-15-17(31-32-33)7-6-12-34/h8-11,13-15,23-24,34H,6-7,12H2,1-4H3,(H,30,35). The minimum atomic E-state index is -0.358. The van der Waals surface area contributed by atoms with Crippen LogP contribution in [0.1, 0.15) is 50.2 Å². The van der Waals surface area contributed by atoms with Crippen molar-refractivity contribution < 1.29 is 14.6 Å². The van der Waals surface area contributed by atoms with Crippen molar-refractivity contribution >= 4 is 23.2 Å². The summed E-state index contributed by atoms with van der Waals surface area (Å²) in [5, 5.41) is 20.6. The van der Waals surface area contributed by atoms with Gasteiger partial charge in [-0.1, -0.05) is 50.6 Å². The second-order valence-corrected chi connectivity index (χ2v) is 10.6. The number of aryl methyl sites for hydroxylation is 1. The third-order valence-electron chi connectivity index (χ3n) is 6.79. The third kappa shape index (κ3) is 4.79. The van der Waals surface area contributed by atoms with E-state index in [1.165, 1.54) is 6.20 Å². The number of hydrogen-bond acceptors (Lipinski definition) is 6. The molecule has 0 atom stereocenters. The van der Waals surface area contributed by atoms with Gasteiger partial charge >= 0.3 is 0 Å². The monoisotopic (exact) mass is 508 g/mol. The van der Waals surface area contributed by atoms with Gasteiger partial charge in [0.1, 0.15) is 11.9 Å². The molecular weight excluding hydrogens is 480 g/mol. The van der Waals surface area contributed by atoms with Gasteiger partial charge in [0.25, 0.3) is 5.91 Å². The lowest BCUT2D eigenvalue weighted by Crippen LogP contribution is -2.74. The van der Waals surface area contributed by atoms with E-state index in [0.29, 0.717) is 40.7 Å². The minimum absolute atomic E-state index is 0.0983. The molecule has 188 valence electrons. The molecule has 1 aliphatic carbocycles. The predicted octanol–water partition coefficient (Wildman–Crippen LogP) is 4.40. The highest BCUT2D eigenvalue weighted by atomic mass is 35.5. The first kappa shape index (κ1) is 25.6. The number of aliphatic hydroxyl groups is 1. The summed E-state index contributed by atoms with van der Waals surface area (Å²) in [6, 6.07) is 8.33. The number of halogens is 1. The number of ether oxygens (including phenoxy) is 1. The molecule has 2 N–H and O–H groups in total. The van der Waals surface area contributed by atoms with E-state index < -0.39 is 0 Å². The van der Waals surface area contributed by atoms with Crippen molar-refractivity contribution in [2.24, 2.45) is 10.8 Å². The van der Waals surface area contributed by atoms with E-state index in [9.17, 15) is 4.79 Å². The number of amides is 1. The predicted molar refractivity (Wildman–Crippen MR) is 136 cm³/mol. The molecule has 1 fully saturated rings. The van der Waals surface area contributed by atoms with Gasteiger partial charge in [-0.2, -0.15) is 0 Å². The van der Waals surface area contributed by atoms with Gasteiger partial charge in [-0.3, -0.25) is 4.79 Å². The Morgan fingerprint density at radius 2 is 2.00 bits per heavy atom. The van der Waals surface area contributed by atoms with Crippen molar-refractivity contribution in [3.8, 4) is 11.6 Å². The topological polar surface area (TPSA) is 107 Å². The molecule has 0 bridgehead atoms. The van der Waals surface area contributed by atoms with E-state index in [-0.39, 0.29) is 35.5 Å². The van der Waals surface area contributed by atoms with Crippen molar-refractivity contribution in [2.45, 2.75) is 52.7 Å². The first-order chi connectivity index (χ1) is 17.1. The fraction of sp³-hybridized carbons (Fsp3) is 0.423. The van der Waals surface area contributed by atoms with E-state index >= 15 is 0 Å². The van der Waals surface area contributed by atoms with Crippen LogP contribution in [0.4, 0.5) is 5.69 Å². The molecule has 2 heterocycles. The van der Waals surface area contributed by atoms with Crippen molar-refractivity contribution in [3.63, 3.8) is 0 Å². The van der Waals surface area contributed by atoms with E-state index in [1.807, 2.05) is 0 Å². The van der Waals surface area contributed by atoms with Crippen molar-refractivity contribution in [1.29, 1.82) is 0 Å². The normalized spacial score (nSPS) is 19.7. The zero-order valence-electron chi connectivity index (χ0n) is 20.7. The summed E-state index contributed by atoms with van der Waals surface area (Å²) in [4.78, 5) is 20.8. The molecule has 9 nitrogen and oxygen atoms in total. The number of nitrogens with zero attached hydrogens (tertiary/aromatic N) is 5. The number of hydrogen-bond donors (Lipinski definition) is 2. The molecule has 0 unspecified atom stereocenters. The Morgan fingerprint density at radius 1 is 1.25 bits per heavy atom. The van der Waals surface area contributed by atoms with Crippen LogP contribution in [0.25, 0.3) is 10.7 Å². The van der Waals surface area contributed by atoms with E-state index in [0.717, 1.165) is 5.69 Å². The van der Waals surface area contributed by atoms with Crippen LogP contribution in [0.5, 0.6) is 5.75 Å². The molecular formula is C26H29ClN6O3. The number of aliphatic hydroxyl groups excluding tert-OH is 1. The summed E-state index contributed by atoms with van der Waals surface area (Å²) in [6.45, 7) is 15.5. The molecule has 10 heteroatoms. The Morgan fingerprint density at radius 3 is 2.61 bits per heavy atom. The Balaban J connectivity index is 1.43. The number of nitrogens with one attached hydrogen (secondary N) is 1. The number of carbonyl (C=O) groups excluding carboxylic acids is 1. The molecule has 1 saturated carbocycles. The van der Waals surface area contributed by atoms with Crippen LogP contribution >= 0.6 is 11.6 Å². The highest BCUT2D eigenvalue weighted by Crippen LogP contribution is 2.55. The first-order valence-corrected chi connectivity index (χ1v) is 12.1. The van der Waals surface area contributed by atoms with Crippen LogP contribution in [0.15, 0.2) is 42.7 Å². The summed E-state index contributed by atoms with van der Waals surface area (Å²) in [5.74, 6) is 0.927. The van der Waals surface area contributed by atoms with Crippen molar-refractivity contribution in [1.82, 2.24) is 25.3 Å². The summed E-state index contributed by atoms with van der Waals surface area (Å²) in [6.07, 6.45) is 4.35. The molecule has 1 aromatic carbocycles. The second-order valence-electron chi connectivity index (χ2n) is 10.2. The third-order valence-corrected chi connectivity index (χ3v) is 7.09. The number of benzene rings is 1. The minimum Gasteiger partial charge on any atom is -0.489 e. The fourth-order valence-electron chi connectivity index (χ4n) is 5.24. The molecule has 0 saturated heterocycles. The van der Waals surface area contributed by atoms with Gasteiger partial charge in [-0.05, 0) is 37.1 Å². The quantitative estimate of drug-likeness (QED) is 0.437. The largest absolute Gasteiger partial charge is 0.489 e. The second kappa shape index (κ2) is 9.88. The highest BCUT2D eigenvalue weighted by molar-refractivity contribution is 6.33. The van der Waals surface area contributed by atoms with E-state index in [4.69, 9.17) is 28.0 Å². The molecule has 36 heavy (non-hydrogen) atoms. The van der Waals surface area contributed by atoms with Crippen LogP contribution in [-0.4, -0.2) is 49.7 Å². The van der Waals surface area contributed by atoms with Gasteiger partial charge in [0.05, 0.1) is 29.0 Å². The smallest absolute Gasteiger partial charge is 0.253 e. The van der Waals surface area contributed by atoms with Gasteiger partial charge in [0, 0.05) is 29.7 Å². The lowest BCUT2D eigenvalue weighted by atomic mass is 9.49. The molecule has 0 aliphatic heterocycles. The van der Waals surface area contributed by atoms with E-state index in [2.05, 4.69) is 53.2 Å². The summed E-state index contributed by atoms with van der Waals surface area (Å²) >= 11 is 6.18. The van der Waals surface area contributed by atoms with Gasteiger partial charge < -0.3 is 15.2 Å². The maximum atomic E-state index is 13.1. The molecule has 1 aliphatic rings. The number of rotatable bonds is 8. The average molecular weight is 509 g/mol. The zero-order chi connectivity index (χ0) is 26.1. The van der Waals surface area contributed by atoms with Crippen LogP contribution < -0.4 is 10.1 Å². The molecule has 1 amide bonds. The molecule has 2 aromatic heterocycles. The highest BCUT2D eigenvalue weighted by Gasteiger charge is 2.64. The Kier molecular flexibility index (Phi) is 7.03. The SMILES string of the molecule is [C-]#[N+]c1ccc(OC2C(C)(C)C(NC(=O)c3ccc(-n4cc(CCCO)nn4)nc3)C2(C)C)cc1Cl. The molecule has 0 radical (unpaired) electrons. The fourth-order valence-corrected chi connectivity index (χ4v) is 5.46. The van der Waals surface area contributed by atoms with Crippen LogP contribution in [0.3, 0.4) is 0 Å². The van der Waals surface area contributed by atoms with Crippen LogP contribution in [-0.2, 0) is 6.42 Å². The maximum Gasteiger partial charge on any atom is 0.253 e. The molecule has 0 spiro atoms. The van der Waals surface area contributed by atoms with Gasteiger partial charge in [0.2, 0.25) is 5.69 Å². The summed E-state index contributed by atoms with van der Waals surface area (Å²) in [5.41, 5.74) is 0.874. The van der Waals surface area contributed by atoms with Crippen molar-refractivity contribution in [2.75, 3.05) is 6.61 Å². The Hall–Kier alpha value is -3.48. The molecule has 3 aromatic rings.